The zero-order valence-corrected chi connectivity index (χ0v) is 20.2. The summed E-state index contributed by atoms with van der Waals surface area (Å²) in [4.78, 5) is 23.5. The molecule has 0 saturated heterocycles. The van der Waals surface area contributed by atoms with Gasteiger partial charge < -0.3 is 15.2 Å². The number of carboxylic acid groups (broad SMARTS) is 1. The average molecular weight is 552 g/mol. The SMILES string of the molecule is Cc1cc(C)cc(NC(=O)/C(C#N)=C\c2ccc(OCc3ccc(C(=O)O)cc3)c(I)c2)c1. The summed E-state index contributed by atoms with van der Waals surface area (Å²) in [7, 11) is 0. The zero-order chi connectivity index (χ0) is 24.0. The number of benzene rings is 3. The number of rotatable bonds is 7. The zero-order valence-electron chi connectivity index (χ0n) is 18.1. The Bertz CT molecular complexity index is 1250. The van der Waals surface area contributed by atoms with Crippen LogP contribution >= 0.6 is 22.6 Å². The van der Waals surface area contributed by atoms with Crippen molar-refractivity contribution < 1.29 is 19.4 Å². The molecule has 0 aliphatic carbocycles. The Morgan fingerprint density at radius 1 is 1.06 bits per heavy atom. The molecule has 33 heavy (non-hydrogen) atoms. The lowest BCUT2D eigenvalue weighted by atomic mass is 10.1. The molecule has 0 radical (unpaired) electrons. The Hall–Kier alpha value is -3.64. The van der Waals surface area contributed by atoms with Crippen molar-refractivity contribution in [1.82, 2.24) is 0 Å². The molecule has 6 nitrogen and oxygen atoms in total. The minimum Gasteiger partial charge on any atom is -0.488 e. The molecular weight excluding hydrogens is 531 g/mol. The van der Waals surface area contributed by atoms with Gasteiger partial charge in [0.05, 0.1) is 9.13 Å². The highest BCUT2D eigenvalue weighted by molar-refractivity contribution is 14.1. The van der Waals surface area contributed by atoms with Gasteiger partial charge in [-0.3, -0.25) is 4.79 Å². The first-order chi connectivity index (χ1) is 15.7. The predicted molar refractivity (Wildman–Crippen MR) is 135 cm³/mol. The third kappa shape index (κ3) is 6.67. The summed E-state index contributed by atoms with van der Waals surface area (Å²) in [6, 6.07) is 19.5. The Balaban J connectivity index is 1.69. The van der Waals surface area contributed by atoms with Crippen LogP contribution in [-0.2, 0) is 11.4 Å². The number of carbonyl (C=O) groups excluding carboxylic acids is 1. The van der Waals surface area contributed by atoms with Gasteiger partial charge >= 0.3 is 5.97 Å². The van der Waals surface area contributed by atoms with Crippen LogP contribution in [0.4, 0.5) is 5.69 Å². The number of anilines is 1. The number of ether oxygens (including phenoxy) is 1. The van der Waals surface area contributed by atoms with Gasteiger partial charge in [-0.1, -0.05) is 24.3 Å². The highest BCUT2D eigenvalue weighted by atomic mass is 127. The molecule has 0 aromatic heterocycles. The van der Waals surface area contributed by atoms with E-state index in [1.165, 1.54) is 18.2 Å². The van der Waals surface area contributed by atoms with Gasteiger partial charge in [0.25, 0.3) is 5.91 Å². The number of halogens is 1. The molecule has 3 aromatic carbocycles. The molecule has 0 atom stereocenters. The van der Waals surface area contributed by atoms with Crippen molar-refractivity contribution in [2.45, 2.75) is 20.5 Å². The first-order valence-electron chi connectivity index (χ1n) is 10.0. The number of nitriles is 1. The molecule has 0 fully saturated rings. The number of carbonyl (C=O) groups is 2. The average Bonchev–Trinajstić information content (AvgIpc) is 2.76. The van der Waals surface area contributed by atoms with E-state index in [4.69, 9.17) is 9.84 Å². The first kappa shape index (κ1) is 24.0. The Labute approximate surface area is 205 Å². The molecule has 7 heteroatoms. The van der Waals surface area contributed by atoms with Gasteiger partial charge in [-0.05, 0) is 101 Å². The van der Waals surface area contributed by atoms with E-state index in [0.717, 1.165) is 20.3 Å². The molecule has 0 bridgehead atoms. The maximum atomic E-state index is 12.6. The van der Waals surface area contributed by atoms with Gasteiger partial charge in [-0.25, -0.2) is 4.79 Å². The molecule has 0 aliphatic rings. The maximum absolute atomic E-state index is 12.6. The second kappa shape index (κ2) is 10.8. The van der Waals surface area contributed by atoms with Crippen LogP contribution in [0.25, 0.3) is 6.08 Å². The highest BCUT2D eigenvalue weighted by Crippen LogP contribution is 2.25. The van der Waals surface area contributed by atoms with Crippen molar-refractivity contribution >= 4 is 46.2 Å². The van der Waals surface area contributed by atoms with E-state index >= 15 is 0 Å². The number of hydrogen-bond acceptors (Lipinski definition) is 4. The normalized spacial score (nSPS) is 10.9. The molecule has 1 amide bonds. The van der Waals surface area contributed by atoms with E-state index in [2.05, 4.69) is 27.9 Å². The number of hydrogen-bond donors (Lipinski definition) is 2. The molecule has 0 spiro atoms. The molecule has 0 heterocycles. The van der Waals surface area contributed by atoms with Crippen LogP contribution in [0.1, 0.15) is 32.6 Å². The van der Waals surface area contributed by atoms with Gasteiger partial charge in [0.2, 0.25) is 0 Å². The van der Waals surface area contributed by atoms with Gasteiger partial charge in [0, 0.05) is 5.69 Å². The van der Waals surface area contributed by atoms with Crippen LogP contribution in [0, 0.1) is 28.7 Å². The van der Waals surface area contributed by atoms with Crippen LogP contribution in [-0.4, -0.2) is 17.0 Å². The number of nitrogens with zero attached hydrogens (tertiary/aromatic N) is 1. The lowest BCUT2D eigenvalue weighted by molar-refractivity contribution is -0.112. The van der Waals surface area contributed by atoms with Crippen molar-refractivity contribution in [3.05, 3.63) is 97.6 Å². The number of aryl methyl sites for hydroxylation is 2. The third-order valence-corrected chi connectivity index (χ3v) is 5.55. The molecule has 166 valence electrons. The summed E-state index contributed by atoms with van der Waals surface area (Å²) in [5.74, 6) is -0.795. The molecule has 0 unspecified atom stereocenters. The lowest BCUT2D eigenvalue weighted by Gasteiger charge is -2.10. The van der Waals surface area contributed by atoms with E-state index < -0.39 is 11.9 Å². The number of carboxylic acids is 1. The predicted octanol–water partition coefficient (Wildman–Crippen LogP) is 5.73. The summed E-state index contributed by atoms with van der Waals surface area (Å²) in [6.07, 6.45) is 1.54. The van der Waals surface area contributed by atoms with Gasteiger partial charge in [0.1, 0.15) is 24.0 Å². The largest absolute Gasteiger partial charge is 0.488 e. The molecule has 3 rings (SSSR count). The maximum Gasteiger partial charge on any atom is 0.335 e. The van der Waals surface area contributed by atoms with Crippen LogP contribution in [0.15, 0.2) is 66.2 Å². The lowest BCUT2D eigenvalue weighted by Crippen LogP contribution is -2.13. The van der Waals surface area contributed by atoms with Crippen molar-refractivity contribution in [1.29, 1.82) is 5.26 Å². The molecular formula is C26H21IN2O4. The summed E-state index contributed by atoms with van der Waals surface area (Å²) in [5.41, 5.74) is 4.45. The summed E-state index contributed by atoms with van der Waals surface area (Å²) in [6.45, 7) is 4.17. The molecule has 3 aromatic rings. The van der Waals surface area contributed by atoms with Gasteiger partial charge in [-0.2, -0.15) is 5.26 Å². The van der Waals surface area contributed by atoms with E-state index in [1.807, 2.05) is 44.2 Å². The fourth-order valence-electron chi connectivity index (χ4n) is 3.19. The number of amides is 1. The third-order valence-electron chi connectivity index (χ3n) is 4.71. The number of nitrogens with one attached hydrogen (secondary N) is 1. The van der Waals surface area contributed by atoms with Crippen LogP contribution in [0.3, 0.4) is 0 Å². The Morgan fingerprint density at radius 3 is 2.30 bits per heavy atom. The minimum absolute atomic E-state index is 0.00264. The van der Waals surface area contributed by atoms with Gasteiger partial charge in [0.15, 0.2) is 0 Å². The Kier molecular flexibility index (Phi) is 7.85. The number of aromatic carboxylic acids is 1. The summed E-state index contributed by atoms with van der Waals surface area (Å²) >= 11 is 2.13. The molecule has 0 aliphatic heterocycles. The highest BCUT2D eigenvalue weighted by Gasteiger charge is 2.11. The van der Waals surface area contributed by atoms with Crippen molar-refractivity contribution in [2.24, 2.45) is 0 Å². The fourth-order valence-corrected chi connectivity index (χ4v) is 3.88. The second-order valence-electron chi connectivity index (χ2n) is 7.48. The summed E-state index contributed by atoms with van der Waals surface area (Å²) < 4.78 is 6.65. The summed E-state index contributed by atoms with van der Waals surface area (Å²) in [5, 5.41) is 21.2. The van der Waals surface area contributed by atoms with E-state index in [1.54, 1.807) is 24.3 Å². The van der Waals surface area contributed by atoms with Crippen molar-refractivity contribution in [3.8, 4) is 11.8 Å². The van der Waals surface area contributed by atoms with Crippen molar-refractivity contribution in [2.75, 3.05) is 5.32 Å². The molecule has 0 saturated carbocycles. The fraction of sp³-hybridized carbons (Fsp3) is 0.115. The van der Waals surface area contributed by atoms with Gasteiger partial charge in [-0.15, -0.1) is 0 Å². The van der Waals surface area contributed by atoms with Crippen LogP contribution in [0.2, 0.25) is 0 Å². The quantitative estimate of drug-likeness (QED) is 0.222. The standard InChI is InChI=1S/C26H21IN2O4/c1-16-9-17(2)11-22(10-16)29-25(30)21(14-28)12-19-5-8-24(23(27)13-19)33-15-18-3-6-20(7-4-18)26(31)32/h3-13H,15H2,1-2H3,(H,29,30)(H,31,32)/b21-12-. The van der Waals surface area contributed by atoms with E-state index in [9.17, 15) is 14.9 Å². The van der Waals surface area contributed by atoms with Crippen molar-refractivity contribution in [3.63, 3.8) is 0 Å². The Morgan fingerprint density at radius 2 is 1.73 bits per heavy atom. The van der Waals surface area contributed by atoms with E-state index in [-0.39, 0.29) is 17.7 Å². The van der Waals surface area contributed by atoms with Crippen LogP contribution < -0.4 is 10.1 Å². The monoisotopic (exact) mass is 552 g/mol. The van der Waals surface area contributed by atoms with E-state index in [0.29, 0.717) is 17.0 Å². The second-order valence-corrected chi connectivity index (χ2v) is 8.64. The first-order valence-corrected chi connectivity index (χ1v) is 11.1. The smallest absolute Gasteiger partial charge is 0.335 e. The molecule has 2 N–H and O–H groups in total. The van der Waals surface area contributed by atoms with Crippen LogP contribution in [0.5, 0.6) is 5.75 Å². The minimum atomic E-state index is -0.972. The topological polar surface area (TPSA) is 99.4 Å².